The first-order valence-corrected chi connectivity index (χ1v) is 8.60. The number of anilines is 2. The van der Waals surface area contributed by atoms with Crippen molar-refractivity contribution in [2.75, 3.05) is 10.0 Å². The number of nitrogens with zero attached hydrogens (tertiary/aromatic N) is 1. The maximum atomic E-state index is 12.5. The molecule has 132 valence electrons. The number of nitrogens with one attached hydrogen (secondary N) is 2. The highest BCUT2D eigenvalue weighted by Crippen LogP contribution is 2.30. The molecule has 2 aromatic carbocycles. The molecule has 0 heterocycles. The van der Waals surface area contributed by atoms with E-state index >= 15 is 0 Å². The Morgan fingerprint density at radius 2 is 1.88 bits per heavy atom. The van der Waals surface area contributed by atoms with Crippen LogP contribution >= 0.6 is 11.6 Å². The van der Waals surface area contributed by atoms with Crippen LogP contribution in [0, 0.1) is 17.0 Å². The molecule has 0 saturated carbocycles. The lowest BCUT2D eigenvalue weighted by atomic mass is 10.2. The summed E-state index contributed by atoms with van der Waals surface area (Å²) in [7, 11) is -4.14. The number of carbonyl (C=O) groups excluding carboxylic acids is 1. The van der Waals surface area contributed by atoms with E-state index in [-0.39, 0.29) is 26.9 Å². The van der Waals surface area contributed by atoms with E-state index in [4.69, 9.17) is 17.3 Å². The van der Waals surface area contributed by atoms with E-state index in [0.29, 0.717) is 0 Å². The van der Waals surface area contributed by atoms with Gasteiger partial charge in [0.05, 0.1) is 20.5 Å². The number of carbonyl (C=O) groups is 1. The van der Waals surface area contributed by atoms with Gasteiger partial charge in [0.25, 0.3) is 15.7 Å². The molecular weight excluding hydrogens is 372 g/mol. The molecule has 25 heavy (non-hydrogen) atoms. The Bertz CT molecular complexity index is 962. The first-order valence-electron chi connectivity index (χ1n) is 6.74. The monoisotopic (exact) mass is 384 g/mol. The Balaban J connectivity index is 2.40. The number of amides is 2. The van der Waals surface area contributed by atoms with Gasteiger partial charge in [-0.15, -0.1) is 0 Å². The number of rotatable bonds is 5. The number of nitro benzene ring substituents is 1. The Labute approximate surface area is 148 Å². The smallest absolute Gasteiger partial charge is 0.316 e. The van der Waals surface area contributed by atoms with Crippen LogP contribution in [0.2, 0.25) is 5.02 Å². The zero-order valence-electron chi connectivity index (χ0n) is 12.8. The minimum absolute atomic E-state index is 0.0429. The number of hydrogen-bond acceptors (Lipinski definition) is 5. The Kier molecular flexibility index (Phi) is 5.14. The standard InChI is InChI=1S/C14H13ClN4O5S/c1-8-12(15)6-11(7-13(8)19(21)22)25(23,24)18-10-4-2-3-9(5-10)17-14(16)20/h2-7,18H,1H3,(H3,16,17,20). The number of nitrogens with two attached hydrogens (primary N) is 1. The molecule has 0 unspecified atom stereocenters. The van der Waals surface area contributed by atoms with Crippen molar-refractivity contribution in [3.05, 3.63) is 57.1 Å². The van der Waals surface area contributed by atoms with Crippen LogP contribution in [0.1, 0.15) is 5.56 Å². The summed E-state index contributed by atoms with van der Waals surface area (Å²) in [6.45, 7) is 1.42. The summed E-state index contributed by atoms with van der Waals surface area (Å²) in [5, 5.41) is 13.3. The molecule has 0 aliphatic rings. The van der Waals surface area contributed by atoms with Gasteiger partial charge < -0.3 is 11.1 Å². The molecule has 0 spiro atoms. The van der Waals surface area contributed by atoms with Crippen molar-refractivity contribution in [2.45, 2.75) is 11.8 Å². The van der Waals surface area contributed by atoms with Gasteiger partial charge in [0.2, 0.25) is 0 Å². The lowest BCUT2D eigenvalue weighted by Gasteiger charge is -2.11. The largest absolute Gasteiger partial charge is 0.351 e. The lowest BCUT2D eigenvalue weighted by Crippen LogP contribution is -2.19. The second-order valence-electron chi connectivity index (χ2n) is 4.98. The van der Waals surface area contributed by atoms with E-state index in [1.165, 1.54) is 31.2 Å². The van der Waals surface area contributed by atoms with Crippen LogP contribution in [-0.2, 0) is 10.0 Å². The van der Waals surface area contributed by atoms with Gasteiger partial charge >= 0.3 is 6.03 Å². The second-order valence-corrected chi connectivity index (χ2v) is 7.07. The van der Waals surface area contributed by atoms with Crippen molar-refractivity contribution >= 4 is 44.7 Å². The van der Waals surface area contributed by atoms with Gasteiger partial charge in [-0.2, -0.15) is 0 Å². The normalized spacial score (nSPS) is 11.0. The second kappa shape index (κ2) is 6.95. The van der Waals surface area contributed by atoms with Crippen molar-refractivity contribution in [2.24, 2.45) is 5.73 Å². The minimum Gasteiger partial charge on any atom is -0.351 e. The average molecular weight is 385 g/mol. The SMILES string of the molecule is Cc1c(Cl)cc(S(=O)(=O)Nc2cccc(NC(N)=O)c2)cc1[N+](=O)[O-]. The summed E-state index contributed by atoms with van der Waals surface area (Å²) in [6, 6.07) is 7.03. The third-order valence-corrected chi connectivity index (χ3v) is 4.93. The van der Waals surface area contributed by atoms with Crippen molar-refractivity contribution in [3.8, 4) is 0 Å². The molecule has 0 aromatic heterocycles. The van der Waals surface area contributed by atoms with E-state index in [9.17, 15) is 23.3 Å². The molecule has 2 aromatic rings. The van der Waals surface area contributed by atoms with Gasteiger partial charge in [0, 0.05) is 17.3 Å². The molecule has 9 nitrogen and oxygen atoms in total. The molecule has 11 heteroatoms. The number of benzene rings is 2. The number of primary amides is 1. The Hall–Kier alpha value is -2.85. The highest BCUT2D eigenvalue weighted by Gasteiger charge is 2.22. The van der Waals surface area contributed by atoms with Crippen LogP contribution < -0.4 is 15.8 Å². The zero-order chi connectivity index (χ0) is 18.8. The topological polar surface area (TPSA) is 144 Å². The van der Waals surface area contributed by atoms with E-state index in [1.54, 1.807) is 0 Å². The summed E-state index contributed by atoms with van der Waals surface area (Å²) in [4.78, 5) is 20.8. The third-order valence-electron chi connectivity index (χ3n) is 3.18. The van der Waals surface area contributed by atoms with Gasteiger partial charge in [-0.1, -0.05) is 17.7 Å². The number of hydrogen-bond donors (Lipinski definition) is 3. The third kappa shape index (κ3) is 4.37. The quantitative estimate of drug-likeness (QED) is 0.536. The van der Waals surface area contributed by atoms with Crippen molar-refractivity contribution in [1.82, 2.24) is 0 Å². The molecule has 0 atom stereocenters. The molecule has 4 N–H and O–H groups in total. The van der Waals surface area contributed by atoms with Crippen molar-refractivity contribution in [1.29, 1.82) is 0 Å². The first-order chi connectivity index (χ1) is 11.6. The predicted molar refractivity (Wildman–Crippen MR) is 93.3 cm³/mol. The Morgan fingerprint density at radius 1 is 1.24 bits per heavy atom. The minimum atomic E-state index is -4.14. The molecule has 0 radical (unpaired) electrons. The predicted octanol–water partition coefficient (Wildman–Crippen LogP) is 2.85. The first kappa shape index (κ1) is 18.5. The van der Waals surface area contributed by atoms with Crippen LogP contribution in [0.15, 0.2) is 41.3 Å². The van der Waals surface area contributed by atoms with Crippen molar-refractivity contribution < 1.29 is 18.1 Å². The highest BCUT2D eigenvalue weighted by atomic mass is 35.5. The van der Waals surface area contributed by atoms with E-state index in [1.807, 2.05) is 0 Å². The van der Waals surface area contributed by atoms with Crippen LogP contribution in [-0.4, -0.2) is 19.4 Å². The van der Waals surface area contributed by atoms with Gasteiger partial charge in [0.15, 0.2) is 0 Å². The summed E-state index contributed by atoms with van der Waals surface area (Å²) in [5.74, 6) is 0. The van der Waals surface area contributed by atoms with Crippen LogP contribution in [0.4, 0.5) is 21.9 Å². The molecule has 2 amide bonds. The maximum Gasteiger partial charge on any atom is 0.316 e. The fourth-order valence-corrected chi connectivity index (χ4v) is 3.38. The van der Waals surface area contributed by atoms with E-state index in [2.05, 4.69) is 10.0 Å². The number of sulfonamides is 1. The van der Waals surface area contributed by atoms with Crippen LogP contribution in [0.25, 0.3) is 0 Å². The summed E-state index contributed by atoms with van der Waals surface area (Å²) >= 11 is 5.90. The molecule has 0 bridgehead atoms. The number of nitro groups is 1. The molecule has 0 aliphatic carbocycles. The highest BCUT2D eigenvalue weighted by molar-refractivity contribution is 7.92. The molecule has 2 rings (SSSR count). The van der Waals surface area contributed by atoms with E-state index in [0.717, 1.165) is 12.1 Å². The van der Waals surface area contributed by atoms with Gasteiger partial charge in [0.1, 0.15) is 0 Å². The zero-order valence-corrected chi connectivity index (χ0v) is 14.4. The summed E-state index contributed by atoms with van der Waals surface area (Å²) < 4.78 is 27.2. The van der Waals surface area contributed by atoms with Crippen LogP contribution in [0.3, 0.4) is 0 Å². The molecule has 0 fully saturated rings. The van der Waals surface area contributed by atoms with Crippen molar-refractivity contribution in [3.63, 3.8) is 0 Å². The van der Waals surface area contributed by atoms with Gasteiger partial charge in [-0.3, -0.25) is 14.8 Å². The average Bonchev–Trinajstić information content (AvgIpc) is 2.48. The summed E-state index contributed by atoms with van der Waals surface area (Å²) in [6.07, 6.45) is 0. The fraction of sp³-hybridized carbons (Fsp3) is 0.0714. The maximum absolute atomic E-state index is 12.5. The molecule has 0 saturated heterocycles. The molecule has 0 aliphatic heterocycles. The number of urea groups is 1. The number of halogens is 1. The summed E-state index contributed by atoms with van der Waals surface area (Å²) in [5.41, 5.74) is 5.17. The fourth-order valence-electron chi connectivity index (χ4n) is 2.00. The van der Waals surface area contributed by atoms with Crippen LogP contribution in [0.5, 0.6) is 0 Å². The lowest BCUT2D eigenvalue weighted by molar-refractivity contribution is -0.385. The van der Waals surface area contributed by atoms with Gasteiger partial charge in [-0.05, 0) is 31.2 Å². The Morgan fingerprint density at radius 3 is 2.48 bits per heavy atom. The van der Waals surface area contributed by atoms with Gasteiger partial charge in [-0.25, -0.2) is 13.2 Å². The molecular formula is C14H13ClN4O5S. The van der Waals surface area contributed by atoms with E-state index < -0.39 is 26.7 Å².